The molecule has 14 heavy (non-hydrogen) atoms. The molecule has 2 N–H and O–H groups in total. The first kappa shape index (κ1) is 13.4. The second-order valence-corrected chi connectivity index (χ2v) is 3.75. The summed E-state index contributed by atoms with van der Waals surface area (Å²) in [5.41, 5.74) is 5.42. The molecule has 0 aliphatic heterocycles. The number of hydrogen-bond acceptors (Lipinski definition) is 2. The zero-order valence-electron chi connectivity index (χ0n) is 9.75. The molecule has 0 aliphatic carbocycles. The number of carbonyl (C=O) groups excluding carboxylic acids is 1. The number of rotatable bonds is 7. The largest absolute Gasteiger partial charge is 0.343 e. The van der Waals surface area contributed by atoms with Crippen LogP contribution in [0.2, 0.25) is 0 Å². The van der Waals surface area contributed by atoms with Crippen LogP contribution < -0.4 is 5.73 Å². The highest BCUT2D eigenvalue weighted by Gasteiger charge is 2.17. The molecule has 84 valence electrons. The summed E-state index contributed by atoms with van der Waals surface area (Å²) in [6.07, 6.45) is 2.88. The third kappa shape index (κ3) is 4.61. The average Bonchev–Trinajstić information content (AvgIpc) is 2.21. The van der Waals surface area contributed by atoms with E-state index in [1.54, 1.807) is 0 Å². The van der Waals surface area contributed by atoms with E-state index in [2.05, 4.69) is 6.92 Å². The molecule has 0 radical (unpaired) electrons. The third-order valence-electron chi connectivity index (χ3n) is 2.45. The fourth-order valence-electron chi connectivity index (χ4n) is 1.55. The predicted octanol–water partition coefficient (Wildman–Crippen LogP) is 1.62. The van der Waals surface area contributed by atoms with Gasteiger partial charge in [-0.15, -0.1) is 0 Å². The van der Waals surface area contributed by atoms with E-state index in [4.69, 9.17) is 5.73 Å². The smallest absolute Gasteiger partial charge is 0.225 e. The predicted molar refractivity (Wildman–Crippen MR) is 60.0 cm³/mol. The monoisotopic (exact) mass is 200 g/mol. The van der Waals surface area contributed by atoms with E-state index in [1.807, 2.05) is 18.7 Å². The first-order chi connectivity index (χ1) is 6.67. The Hall–Kier alpha value is -0.570. The average molecular weight is 200 g/mol. The summed E-state index contributed by atoms with van der Waals surface area (Å²) in [6.45, 7) is 8.50. The van der Waals surface area contributed by atoms with E-state index in [0.717, 1.165) is 32.4 Å². The second kappa shape index (κ2) is 7.80. The van der Waals surface area contributed by atoms with Gasteiger partial charge in [0.05, 0.1) is 0 Å². The number of nitrogens with zero attached hydrogens (tertiary/aromatic N) is 1. The van der Waals surface area contributed by atoms with Crippen LogP contribution >= 0.6 is 0 Å². The van der Waals surface area contributed by atoms with Gasteiger partial charge in [-0.1, -0.05) is 13.8 Å². The molecule has 1 amide bonds. The SMILES string of the molecule is CCCN(CC)C(=O)C(C)CCCN. The van der Waals surface area contributed by atoms with Crippen molar-refractivity contribution in [2.24, 2.45) is 11.7 Å². The highest BCUT2D eigenvalue weighted by molar-refractivity contribution is 5.78. The van der Waals surface area contributed by atoms with Gasteiger partial charge in [-0.25, -0.2) is 0 Å². The highest BCUT2D eigenvalue weighted by Crippen LogP contribution is 2.09. The summed E-state index contributed by atoms with van der Waals surface area (Å²) in [4.78, 5) is 13.8. The van der Waals surface area contributed by atoms with Gasteiger partial charge in [0.25, 0.3) is 0 Å². The van der Waals surface area contributed by atoms with Gasteiger partial charge in [0.15, 0.2) is 0 Å². The Kier molecular flexibility index (Phi) is 7.48. The lowest BCUT2D eigenvalue weighted by molar-refractivity contribution is -0.135. The molecule has 1 atom stereocenters. The quantitative estimate of drug-likeness (QED) is 0.679. The van der Waals surface area contributed by atoms with Crippen LogP contribution in [0.5, 0.6) is 0 Å². The summed E-state index contributed by atoms with van der Waals surface area (Å²) >= 11 is 0. The molecule has 0 saturated heterocycles. The van der Waals surface area contributed by atoms with Gasteiger partial charge >= 0.3 is 0 Å². The fourth-order valence-corrected chi connectivity index (χ4v) is 1.55. The molecule has 0 aromatic carbocycles. The van der Waals surface area contributed by atoms with Crippen molar-refractivity contribution in [1.29, 1.82) is 0 Å². The molecule has 3 nitrogen and oxygen atoms in total. The lowest BCUT2D eigenvalue weighted by Crippen LogP contribution is -2.35. The minimum absolute atomic E-state index is 0.130. The molecule has 0 aromatic rings. The highest BCUT2D eigenvalue weighted by atomic mass is 16.2. The van der Waals surface area contributed by atoms with Gasteiger partial charge in [-0.05, 0) is 32.7 Å². The molecule has 0 fully saturated rings. The van der Waals surface area contributed by atoms with E-state index in [9.17, 15) is 4.79 Å². The molecule has 0 aliphatic rings. The zero-order chi connectivity index (χ0) is 11.0. The van der Waals surface area contributed by atoms with Gasteiger partial charge in [0.1, 0.15) is 0 Å². The van der Waals surface area contributed by atoms with Crippen LogP contribution in [0.25, 0.3) is 0 Å². The van der Waals surface area contributed by atoms with E-state index in [1.165, 1.54) is 0 Å². The topological polar surface area (TPSA) is 46.3 Å². The lowest BCUT2D eigenvalue weighted by atomic mass is 10.0. The van der Waals surface area contributed by atoms with Crippen LogP contribution in [-0.2, 0) is 4.79 Å². The minimum atomic E-state index is 0.130. The molecule has 1 unspecified atom stereocenters. The van der Waals surface area contributed by atoms with E-state index in [-0.39, 0.29) is 11.8 Å². The number of amides is 1. The molecule has 3 heteroatoms. The maximum absolute atomic E-state index is 11.9. The Balaban J connectivity index is 3.99. The van der Waals surface area contributed by atoms with Crippen LogP contribution in [-0.4, -0.2) is 30.4 Å². The Labute approximate surface area is 87.6 Å². The summed E-state index contributed by atoms with van der Waals surface area (Å²) in [6, 6.07) is 0. The standard InChI is InChI=1S/C11H24N2O/c1-4-9-13(5-2)11(14)10(3)7-6-8-12/h10H,4-9,12H2,1-3H3. The maximum Gasteiger partial charge on any atom is 0.225 e. The van der Waals surface area contributed by atoms with E-state index < -0.39 is 0 Å². The van der Waals surface area contributed by atoms with Crippen LogP contribution in [0.15, 0.2) is 0 Å². The molecule has 0 spiro atoms. The first-order valence-corrected chi connectivity index (χ1v) is 5.66. The second-order valence-electron chi connectivity index (χ2n) is 3.75. The minimum Gasteiger partial charge on any atom is -0.343 e. The maximum atomic E-state index is 11.9. The van der Waals surface area contributed by atoms with Crippen molar-refractivity contribution < 1.29 is 4.79 Å². The van der Waals surface area contributed by atoms with Gasteiger partial charge in [-0.3, -0.25) is 4.79 Å². The first-order valence-electron chi connectivity index (χ1n) is 5.66. The normalized spacial score (nSPS) is 12.6. The molecule has 0 saturated carbocycles. The molecule has 0 bridgehead atoms. The van der Waals surface area contributed by atoms with Gasteiger partial charge in [0, 0.05) is 19.0 Å². The summed E-state index contributed by atoms with van der Waals surface area (Å²) in [5.74, 6) is 0.410. The number of hydrogen-bond donors (Lipinski definition) is 1. The summed E-state index contributed by atoms with van der Waals surface area (Å²) in [7, 11) is 0. The lowest BCUT2D eigenvalue weighted by Gasteiger charge is -2.23. The van der Waals surface area contributed by atoms with Crippen molar-refractivity contribution in [3.05, 3.63) is 0 Å². The van der Waals surface area contributed by atoms with Crippen molar-refractivity contribution in [3.8, 4) is 0 Å². The molecule has 0 rings (SSSR count). The third-order valence-corrected chi connectivity index (χ3v) is 2.45. The Morgan fingerprint density at radius 1 is 1.43 bits per heavy atom. The Bertz CT molecular complexity index is 159. The van der Waals surface area contributed by atoms with Gasteiger partial charge < -0.3 is 10.6 Å². The van der Waals surface area contributed by atoms with Crippen molar-refractivity contribution >= 4 is 5.91 Å². The molecular formula is C11H24N2O. The van der Waals surface area contributed by atoms with Crippen LogP contribution in [0.3, 0.4) is 0 Å². The van der Waals surface area contributed by atoms with Crippen molar-refractivity contribution in [2.75, 3.05) is 19.6 Å². The van der Waals surface area contributed by atoms with Gasteiger partial charge in [0.2, 0.25) is 5.91 Å². The molecular weight excluding hydrogens is 176 g/mol. The van der Waals surface area contributed by atoms with Crippen LogP contribution in [0, 0.1) is 5.92 Å². The summed E-state index contributed by atoms with van der Waals surface area (Å²) in [5, 5.41) is 0. The number of nitrogens with two attached hydrogens (primary N) is 1. The van der Waals surface area contributed by atoms with E-state index >= 15 is 0 Å². The fraction of sp³-hybridized carbons (Fsp3) is 0.909. The van der Waals surface area contributed by atoms with Crippen LogP contribution in [0.4, 0.5) is 0 Å². The van der Waals surface area contributed by atoms with Crippen LogP contribution in [0.1, 0.15) is 40.0 Å². The molecule has 0 aromatic heterocycles. The van der Waals surface area contributed by atoms with Crippen molar-refractivity contribution in [2.45, 2.75) is 40.0 Å². The van der Waals surface area contributed by atoms with Crippen molar-refractivity contribution in [3.63, 3.8) is 0 Å². The Morgan fingerprint density at radius 2 is 2.07 bits per heavy atom. The zero-order valence-corrected chi connectivity index (χ0v) is 9.75. The van der Waals surface area contributed by atoms with Crippen molar-refractivity contribution in [1.82, 2.24) is 4.90 Å². The number of carbonyl (C=O) groups is 1. The molecule has 0 heterocycles. The Morgan fingerprint density at radius 3 is 2.50 bits per heavy atom. The van der Waals surface area contributed by atoms with E-state index in [0.29, 0.717) is 6.54 Å². The van der Waals surface area contributed by atoms with Gasteiger partial charge in [-0.2, -0.15) is 0 Å². The summed E-state index contributed by atoms with van der Waals surface area (Å²) < 4.78 is 0.